The van der Waals surface area contributed by atoms with Crippen molar-refractivity contribution in [2.24, 2.45) is 0 Å². The van der Waals surface area contributed by atoms with Crippen molar-refractivity contribution < 1.29 is 4.79 Å². The number of nitrogens with zero attached hydrogens (tertiary/aromatic N) is 2. The quantitative estimate of drug-likeness (QED) is 0.789. The fourth-order valence-corrected chi connectivity index (χ4v) is 3.17. The van der Waals surface area contributed by atoms with Crippen molar-refractivity contribution in [3.05, 3.63) is 29.3 Å². The van der Waals surface area contributed by atoms with Gasteiger partial charge in [0.1, 0.15) is 0 Å². The van der Waals surface area contributed by atoms with E-state index in [1.165, 1.54) is 11.1 Å². The molecule has 0 N–H and O–H groups in total. The fraction of sp³-hybridized carbons (Fsp3) is 0.529. The molecule has 3 nitrogen and oxygen atoms in total. The molecule has 0 bridgehead atoms. The second kappa shape index (κ2) is 6.14. The monoisotopic (exact) mass is 304 g/mol. The largest absolute Gasteiger partial charge is 0.339 e. The summed E-state index contributed by atoms with van der Waals surface area (Å²) in [5.74, 6) is 0.784. The number of para-hydroxylation sites is 1. The molecule has 1 saturated heterocycles. The zero-order chi connectivity index (χ0) is 15.7. The van der Waals surface area contributed by atoms with Gasteiger partial charge in [0.25, 0.3) is 5.91 Å². The van der Waals surface area contributed by atoms with Crippen LogP contribution < -0.4 is 4.90 Å². The van der Waals surface area contributed by atoms with Gasteiger partial charge in [0.2, 0.25) is 0 Å². The van der Waals surface area contributed by atoms with Gasteiger partial charge >= 0.3 is 0 Å². The van der Waals surface area contributed by atoms with Crippen LogP contribution in [0.5, 0.6) is 0 Å². The lowest BCUT2D eigenvalue weighted by molar-refractivity contribution is -0.116. The van der Waals surface area contributed by atoms with Crippen LogP contribution in [-0.4, -0.2) is 29.0 Å². The van der Waals surface area contributed by atoms with Crippen molar-refractivity contribution in [1.29, 1.82) is 0 Å². The highest BCUT2D eigenvalue weighted by molar-refractivity contribution is 7.80. The van der Waals surface area contributed by atoms with E-state index >= 15 is 0 Å². The average molecular weight is 304 g/mol. The summed E-state index contributed by atoms with van der Waals surface area (Å²) in [7, 11) is 0. The lowest BCUT2D eigenvalue weighted by Gasteiger charge is -2.27. The second-order valence-electron chi connectivity index (χ2n) is 6.12. The van der Waals surface area contributed by atoms with Crippen LogP contribution in [0.25, 0.3) is 0 Å². The first-order valence-corrected chi connectivity index (χ1v) is 8.03. The minimum absolute atomic E-state index is 0.0804. The third kappa shape index (κ3) is 2.82. The maximum Gasteiger partial charge on any atom is 0.252 e. The summed E-state index contributed by atoms with van der Waals surface area (Å²) >= 11 is 5.54. The molecule has 0 unspecified atom stereocenters. The molecule has 1 aromatic carbocycles. The fourth-order valence-electron chi connectivity index (χ4n) is 2.79. The Morgan fingerprint density at radius 1 is 1.14 bits per heavy atom. The SMILES string of the molecule is CCN1CC(=O)N(c2c(C(C)C)cccc2C(C)C)C1=S. The molecular formula is C17H24N2OS. The van der Waals surface area contributed by atoms with Crippen LogP contribution in [0.15, 0.2) is 18.2 Å². The van der Waals surface area contributed by atoms with Gasteiger partial charge in [0, 0.05) is 6.54 Å². The molecule has 0 radical (unpaired) electrons. The molecule has 0 saturated carbocycles. The lowest BCUT2D eigenvalue weighted by atomic mass is 9.92. The molecule has 0 aromatic heterocycles. The van der Waals surface area contributed by atoms with Crippen molar-refractivity contribution in [2.75, 3.05) is 18.0 Å². The Labute approximate surface area is 132 Å². The van der Waals surface area contributed by atoms with Crippen LogP contribution in [0.1, 0.15) is 57.6 Å². The summed E-state index contributed by atoms with van der Waals surface area (Å²) in [5.41, 5.74) is 3.39. The highest BCUT2D eigenvalue weighted by Crippen LogP contribution is 2.37. The second-order valence-corrected chi connectivity index (χ2v) is 6.49. The number of carbonyl (C=O) groups is 1. The highest BCUT2D eigenvalue weighted by atomic mass is 32.1. The van der Waals surface area contributed by atoms with E-state index in [4.69, 9.17) is 12.2 Å². The topological polar surface area (TPSA) is 23.6 Å². The number of carbonyl (C=O) groups excluding carboxylic acids is 1. The van der Waals surface area contributed by atoms with E-state index in [-0.39, 0.29) is 5.91 Å². The van der Waals surface area contributed by atoms with E-state index in [9.17, 15) is 4.79 Å². The van der Waals surface area contributed by atoms with Gasteiger partial charge < -0.3 is 4.90 Å². The maximum absolute atomic E-state index is 12.5. The number of rotatable bonds is 4. The van der Waals surface area contributed by atoms with Crippen LogP contribution in [0.4, 0.5) is 5.69 Å². The van der Waals surface area contributed by atoms with Crippen LogP contribution in [0.3, 0.4) is 0 Å². The molecule has 0 spiro atoms. The smallest absolute Gasteiger partial charge is 0.252 e. The third-order valence-electron chi connectivity index (χ3n) is 3.99. The van der Waals surface area contributed by atoms with E-state index in [1.54, 1.807) is 4.90 Å². The summed E-state index contributed by atoms with van der Waals surface area (Å²) in [4.78, 5) is 16.2. The number of anilines is 1. The first-order chi connectivity index (χ1) is 9.88. The van der Waals surface area contributed by atoms with Crippen LogP contribution >= 0.6 is 12.2 Å². The van der Waals surface area contributed by atoms with Crippen LogP contribution in [-0.2, 0) is 4.79 Å². The third-order valence-corrected chi connectivity index (χ3v) is 4.43. The predicted molar refractivity (Wildman–Crippen MR) is 92.0 cm³/mol. The van der Waals surface area contributed by atoms with Gasteiger partial charge in [-0.15, -0.1) is 0 Å². The first kappa shape index (κ1) is 16.0. The molecule has 1 aliphatic rings. The summed E-state index contributed by atoms with van der Waals surface area (Å²) in [6.45, 7) is 11.8. The molecular weight excluding hydrogens is 280 g/mol. The predicted octanol–water partition coefficient (Wildman–Crippen LogP) is 3.89. The van der Waals surface area contributed by atoms with Crippen molar-refractivity contribution in [2.45, 2.75) is 46.5 Å². The minimum Gasteiger partial charge on any atom is -0.339 e. The van der Waals surface area contributed by atoms with E-state index in [2.05, 4.69) is 45.9 Å². The normalized spacial score (nSPS) is 15.8. The van der Waals surface area contributed by atoms with Gasteiger partial charge in [0.15, 0.2) is 5.11 Å². The highest BCUT2D eigenvalue weighted by Gasteiger charge is 2.35. The maximum atomic E-state index is 12.5. The Morgan fingerprint density at radius 3 is 2.05 bits per heavy atom. The molecule has 4 heteroatoms. The Kier molecular flexibility index (Phi) is 4.67. The number of benzene rings is 1. The van der Waals surface area contributed by atoms with Crippen molar-refractivity contribution in [3.8, 4) is 0 Å². The molecule has 1 aliphatic heterocycles. The van der Waals surface area contributed by atoms with Crippen molar-refractivity contribution in [3.63, 3.8) is 0 Å². The molecule has 0 atom stereocenters. The average Bonchev–Trinajstić information content (AvgIpc) is 2.72. The van der Waals surface area contributed by atoms with E-state index < -0.39 is 0 Å². The summed E-state index contributed by atoms with van der Waals surface area (Å²) in [6.07, 6.45) is 0. The summed E-state index contributed by atoms with van der Waals surface area (Å²) in [6, 6.07) is 6.29. The molecule has 114 valence electrons. The van der Waals surface area contributed by atoms with Gasteiger partial charge in [-0.1, -0.05) is 45.9 Å². The van der Waals surface area contributed by atoms with Crippen LogP contribution in [0.2, 0.25) is 0 Å². The lowest BCUT2D eigenvalue weighted by Crippen LogP contribution is -2.34. The van der Waals surface area contributed by atoms with Gasteiger partial charge in [-0.05, 0) is 42.1 Å². The minimum atomic E-state index is 0.0804. The summed E-state index contributed by atoms with van der Waals surface area (Å²) < 4.78 is 0. The van der Waals surface area contributed by atoms with Crippen LogP contribution in [0, 0.1) is 0 Å². The van der Waals surface area contributed by atoms with Gasteiger partial charge in [-0.3, -0.25) is 9.69 Å². The Morgan fingerprint density at radius 2 is 1.67 bits per heavy atom. The van der Waals surface area contributed by atoms with Gasteiger partial charge in [-0.2, -0.15) is 0 Å². The Bertz CT molecular complexity index is 540. The van der Waals surface area contributed by atoms with Crippen molar-refractivity contribution in [1.82, 2.24) is 4.90 Å². The molecule has 1 fully saturated rings. The molecule has 2 rings (SSSR count). The first-order valence-electron chi connectivity index (χ1n) is 7.63. The van der Waals surface area contributed by atoms with Crippen molar-refractivity contribution >= 4 is 28.9 Å². The molecule has 1 heterocycles. The number of amides is 1. The molecule has 1 amide bonds. The number of hydrogen-bond acceptors (Lipinski definition) is 2. The number of thiocarbonyl (C=S) groups is 1. The molecule has 1 aromatic rings. The number of likely N-dealkylation sites (N-methyl/N-ethyl adjacent to an activating group) is 1. The molecule has 21 heavy (non-hydrogen) atoms. The van der Waals surface area contributed by atoms with E-state index in [0.717, 1.165) is 12.2 Å². The standard InChI is InChI=1S/C17H24N2OS/c1-6-18-10-15(20)19(17(18)21)16-13(11(2)3)8-7-9-14(16)12(4)5/h7-9,11-12H,6,10H2,1-5H3. The number of hydrogen-bond donors (Lipinski definition) is 0. The zero-order valence-electron chi connectivity index (χ0n) is 13.5. The van der Waals surface area contributed by atoms with E-state index in [1.807, 2.05) is 11.8 Å². The van der Waals surface area contributed by atoms with E-state index in [0.29, 0.717) is 23.5 Å². The Balaban J connectivity index is 2.61. The zero-order valence-corrected chi connectivity index (χ0v) is 14.3. The summed E-state index contributed by atoms with van der Waals surface area (Å²) in [5, 5.41) is 0.637. The van der Waals surface area contributed by atoms with Gasteiger partial charge in [-0.25, -0.2) is 0 Å². The Hall–Kier alpha value is -1.42. The van der Waals surface area contributed by atoms with Gasteiger partial charge in [0.05, 0.1) is 12.2 Å². The molecule has 0 aliphatic carbocycles.